The lowest BCUT2D eigenvalue weighted by Gasteiger charge is -2.44. The zero-order valence-corrected chi connectivity index (χ0v) is 17.6. The van der Waals surface area contributed by atoms with Gasteiger partial charge in [0.1, 0.15) is 17.1 Å². The van der Waals surface area contributed by atoms with Gasteiger partial charge in [-0.3, -0.25) is 9.59 Å². The number of carbonyl (C=O) groups excluding carboxylic acids is 3. The number of hydrogen-bond acceptors (Lipinski definition) is 5. The normalized spacial score (nSPS) is 21.1. The SMILES string of the molecule is COC(=O)c1ncn2c1C(=O)N(Cc1ccccc1F)[C@@](C)(C(=O)NC1CCCC1)C2. The van der Waals surface area contributed by atoms with Gasteiger partial charge in [0.15, 0.2) is 5.69 Å². The highest BCUT2D eigenvalue weighted by Gasteiger charge is 2.49. The van der Waals surface area contributed by atoms with Gasteiger partial charge >= 0.3 is 5.97 Å². The Morgan fingerprint density at radius 1 is 1.29 bits per heavy atom. The number of nitrogens with one attached hydrogen (secondary N) is 1. The van der Waals surface area contributed by atoms with Crippen LogP contribution in [0.15, 0.2) is 30.6 Å². The van der Waals surface area contributed by atoms with Crippen molar-refractivity contribution in [2.75, 3.05) is 7.11 Å². The highest BCUT2D eigenvalue weighted by atomic mass is 19.1. The summed E-state index contributed by atoms with van der Waals surface area (Å²) >= 11 is 0. The van der Waals surface area contributed by atoms with Crippen molar-refractivity contribution in [1.29, 1.82) is 0 Å². The van der Waals surface area contributed by atoms with Gasteiger partial charge in [0.05, 0.1) is 26.5 Å². The molecule has 2 heterocycles. The molecule has 1 aliphatic carbocycles. The number of ether oxygens (including phenoxy) is 1. The Labute approximate surface area is 179 Å². The Balaban J connectivity index is 1.75. The smallest absolute Gasteiger partial charge is 0.359 e. The number of aromatic nitrogens is 2. The van der Waals surface area contributed by atoms with Crippen LogP contribution in [0.4, 0.5) is 4.39 Å². The molecule has 2 aromatic rings. The zero-order valence-electron chi connectivity index (χ0n) is 17.6. The van der Waals surface area contributed by atoms with E-state index in [0.29, 0.717) is 0 Å². The standard InChI is InChI=1S/C22H25FN4O4/c1-22(21(30)25-15-8-4-5-9-15)12-26-13-24-17(20(29)31-2)18(26)19(28)27(22)11-14-7-3-6-10-16(14)23/h3,6-7,10,13,15H,4-5,8-9,11-12H2,1-2H3,(H,25,30)/t22-/m1/s1. The molecule has 1 aromatic carbocycles. The first-order valence-electron chi connectivity index (χ1n) is 10.3. The van der Waals surface area contributed by atoms with E-state index < -0.39 is 23.2 Å². The van der Waals surface area contributed by atoms with Crippen LogP contribution < -0.4 is 5.32 Å². The van der Waals surface area contributed by atoms with Crippen molar-refractivity contribution in [2.24, 2.45) is 0 Å². The van der Waals surface area contributed by atoms with Gasteiger partial charge in [-0.15, -0.1) is 0 Å². The van der Waals surface area contributed by atoms with E-state index in [9.17, 15) is 18.8 Å². The Morgan fingerprint density at radius 2 is 2.00 bits per heavy atom. The molecule has 1 N–H and O–H groups in total. The second-order valence-electron chi connectivity index (χ2n) is 8.27. The largest absolute Gasteiger partial charge is 0.464 e. The molecule has 164 valence electrons. The van der Waals surface area contributed by atoms with Crippen molar-refractivity contribution in [2.45, 2.75) is 57.3 Å². The summed E-state index contributed by atoms with van der Waals surface area (Å²) in [6.45, 7) is 1.63. The van der Waals surface area contributed by atoms with Crippen LogP contribution in [0.3, 0.4) is 0 Å². The molecule has 9 heteroatoms. The topological polar surface area (TPSA) is 93.5 Å². The van der Waals surface area contributed by atoms with Gasteiger partial charge in [-0.25, -0.2) is 14.2 Å². The molecular formula is C22H25FN4O4. The molecular weight excluding hydrogens is 403 g/mol. The molecule has 1 atom stereocenters. The third-order valence-corrected chi connectivity index (χ3v) is 6.20. The number of methoxy groups -OCH3 is 1. The maximum Gasteiger partial charge on any atom is 0.359 e. The molecule has 1 saturated carbocycles. The Hall–Kier alpha value is -3.23. The quantitative estimate of drug-likeness (QED) is 0.738. The van der Waals surface area contributed by atoms with Gasteiger partial charge in [-0.2, -0.15) is 0 Å². The maximum atomic E-state index is 14.4. The maximum absolute atomic E-state index is 14.4. The van der Waals surface area contributed by atoms with Gasteiger partial charge in [0.2, 0.25) is 5.91 Å². The number of carbonyl (C=O) groups is 3. The highest BCUT2D eigenvalue weighted by molar-refractivity contribution is 6.06. The number of benzene rings is 1. The van der Waals surface area contributed by atoms with Gasteiger partial charge in [0, 0.05) is 11.6 Å². The van der Waals surface area contributed by atoms with E-state index in [1.54, 1.807) is 25.1 Å². The summed E-state index contributed by atoms with van der Waals surface area (Å²) in [4.78, 5) is 44.4. The second kappa shape index (κ2) is 8.13. The number of amides is 2. The van der Waals surface area contributed by atoms with E-state index >= 15 is 0 Å². The van der Waals surface area contributed by atoms with E-state index in [-0.39, 0.29) is 42.0 Å². The van der Waals surface area contributed by atoms with Gasteiger partial charge in [-0.05, 0) is 25.8 Å². The lowest BCUT2D eigenvalue weighted by Crippen LogP contribution is -2.64. The van der Waals surface area contributed by atoms with Crippen molar-refractivity contribution < 1.29 is 23.5 Å². The fourth-order valence-corrected chi connectivity index (χ4v) is 4.39. The molecule has 1 aliphatic heterocycles. The molecule has 2 aliphatic rings. The van der Waals surface area contributed by atoms with E-state index in [1.165, 1.54) is 29.0 Å². The fraction of sp³-hybridized carbons (Fsp3) is 0.455. The number of imidazole rings is 1. The molecule has 4 rings (SSSR count). The third-order valence-electron chi connectivity index (χ3n) is 6.20. The van der Waals surface area contributed by atoms with Crippen LogP contribution in [0.2, 0.25) is 0 Å². The Bertz CT molecular complexity index is 1030. The summed E-state index contributed by atoms with van der Waals surface area (Å²) in [6.07, 6.45) is 5.25. The zero-order chi connectivity index (χ0) is 22.2. The summed E-state index contributed by atoms with van der Waals surface area (Å²) in [5.41, 5.74) is -1.09. The lowest BCUT2D eigenvalue weighted by molar-refractivity contribution is -0.134. The van der Waals surface area contributed by atoms with Crippen molar-refractivity contribution in [1.82, 2.24) is 19.8 Å². The van der Waals surface area contributed by atoms with E-state index in [1.807, 2.05) is 0 Å². The number of rotatable bonds is 5. The van der Waals surface area contributed by atoms with Crippen LogP contribution in [0.5, 0.6) is 0 Å². The van der Waals surface area contributed by atoms with Crippen molar-refractivity contribution in [3.8, 4) is 0 Å². The molecule has 0 bridgehead atoms. The van der Waals surface area contributed by atoms with Crippen LogP contribution in [-0.4, -0.2) is 50.9 Å². The van der Waals surface area contributed by atoms with Gasteiger partial charge < -0.3 is 19.5 Å². The Kier molecular flexibility index (Phi) is 5.51. The fourth-order valence-electron chi connectivity index (χ4n) is 4.39. The number of hydrogen-bond donors (Lipinski definition) is 1. The highest BCUT2D eigenvalue weighted by Crippen LogP contribution is 2.32. The first-order chi connectivity index (χ1) is 14.8. The molecule has 1 aromatic heterocycles. The molecule has 1 fully saturated rings. The number of halogens is 1. The number of nitrogens with zero attached hydrogens (tertiary/aromatic N) is 3. The molecule has 0 saturated heterocycles. The predicted octanol–water partition coefficient (Wildman–Crippen LogP) is 2.28. The molecule has 0 spiro atoms. The van der Waals surface area contributed by atoms with Crippen LogP contribution in [0.25, 0.3) is 0 Å². The number of esters is 1. The summed E-state index contributed by atoms with van der Waals surface area (Å²) in [5, 5.41) is 3.06. The van der Waals surface area contributed by atoms with Gasteiger partial charge in [0.25, 0.3) is 5.91 Å². The van der Waals surface area contributed by atoms with E-state index in [2.05, 4.69) is 10.3 Å². The minimum absolute atomic E-state index is 0.0364. The summed E-state index contributed by atoms with van der Waals surface area (Å²) < 4.78 is 20.7. The lowest BCUT2D eigenvalue weighted by atomic mass is 9.93. The Morgan fingerprint density at radius 3 is 2.68 bits per heavy atom. The number of fused-ring (bicyclic) bond motifs is 1. The van der Waals surface area contributed by atoms with Crippen molar-refractivity contribution in [3.63, 3.8) is 0 Å². The van der Waals surface area contributed by atoms with Crippen LogP contribution in [-0.2, 0) is 22.6 Å². The summed E-state index contributed by atoms with van der Waals surface area (Å²) in [6, 6.07) is 6.18. The average Bonchev–Trinajstić information content (AvgIpc) is 3.41. The minimum atomic E-state index is -1.29. The molecule has 2 amide bonds. The van der Waals surface area contributed by atoms with Crippen LogP contribution in [0, 0.1) is 5.82 Å². The molecule has 8 nitrogen and oxygen atoms in total. The van der Waals surface area contributed by atoms with Gasteiger partial charge in [-0.1, -0.05) is 31.0 Å². The first kappa shape index (κ1) is 21.0. The molecule has 0 radical (unpaired) electrons. The average molecular weight is 428 g/mol. The molecule has 0 unspecified atom stereocenters. The first-order valence-corrected chi connectivity index (χ1v) is 10.3. The monoisotopic (exact) mass is 428 g/mol. The van der Waals surface area contributed by atoms with E-state index in [0.717, 1.165) is 25.7 Å². The minimum Gasteiger partial charge on any atom is -0.464 e. The second-order valence-corrected chi connectivity index (χ2v) is 8.27. The predicted molar refractivity (Wildman–Crippen MR) is 109 cm³/mol. The summed E-state index contributed by atoms with van der Waals surface area (Å²) in [7, 11) is 1.21. The summed E-state index contributed by atoms with van der Waals surface area (Å²) in [5.74, 6) is -2.09. The third kappa shape index (κ3) is 3.68. The van der Waals surface area contributed by atoms with Crippen LogP contribution >= 0.6 is 0 Å². The van der Waals surface area contributed by atoms with Crippen molar-refractivity contribution >= 4 is 17.8 Å². The van der Waals surface area contributed by atoms with E-state index in [4.69, 9.17) is 4.74 Å². The van der Waals surface area contributed by atoms with Crippen LogP contribution in [0.1, 0.15) is 59.1 Å². The van der Waals surface area contributed by atoms with Crippen molar-refractivity contribution in [3.05, 3.63) is 53.4 Å². The molecule has 31 heavy (non-hydrogen) atoms.